The largest absolute Gasteiger partial charge is 0.370 e. The molecule has 0 bridgehead atoms. The van der Waals surface area contributed by atoms with Crippen molar-refractivity contribution in [3.63, 3.8) is 0 Å². The molecule has 2 aromatic rings. The molecule has 1 N–H and O–H groups in total. The van der Waals surface area contributed by atoms with Crippen LogP contribution in [0.3, 0.4) is 0 Å². The summed E-state index contributed by atoms with van der Waals surface area (Å²) in [6.45, 7) is 2.95. The Bertz CT molecular complexity index is 578. The number of nitrogens with one attached hydrogen (secondary N) is 1. The van der Waals surface area contributed by atoms with Crippen molar-refractivity contribution in [3.05, 3.63) is 36.1 Å². The van der Waals surface area contributed by atoms with Gasteiger partial charge in [-0.05, 0) is 24.8 Å². The van der Waals surface area contributed by atoms with Crippen molar-refractivity contribution in [2.75, 3.05) is 18.1 Å². The molecule has 0 fully saturated rings. The molecule has 0 saturated heterocycles. The Hall–Kier alpha value is -1.27. The van der Waals surface area contributed by atoms with Crippen LogP contribution in [0.2, 0.25) is 0 Å². The lowest BCUT2D eigenvalue weighted by molar-refractivity contribution is 0.602. The van der Waals surface area contributed by atoms with Crippen LogP contribution in [0.5, 0.6) is 0 Å². The van der Waals surface area contributed by atoms with E-state index in [0.29, 0.717) is 10.1 Å². The number of nitrogens with zero attached hydrogens (tertiary/aromatic N) is 2. The van der Waals surface area contributed by atoms with E-state index in [1.54, 1.807) is 12.1 Å². The number of hydrogen-bond donors (Lipinski definition) is 1. The highest BCUT2D eigenvalue weighted by molar-refractivity contribution is 7.99. The summed E-state index contributed by atoms with van der Waals surface area (Å²) >= 11 is 2.79. The van der Waals surface area contributed by atoms with Gasteiger partial charge in [0, 0.05) is 17.5 Å². The van der Waals surface area contributed by atoms with Gasteiger partial charge in [-0.1, -0.05) is 42.6 Å². The molecule has 0 saturated carbocycles. The lowest BCUT2D eigenvalue weighted by atomic mass is 10.3. The van der Waals surface area contributed by atoms with Crippen LogP contribution in [-0.4, -0.2) is 22.8 Å². The van der Waals surface area contributed by atoms with E-state index in [9.17, 15) is 4.39 Å². The second kappa shape index (κ2) is 7.50. The third-order valence-corrected chi connectivity index (χ3v) is 3.99. The molecular weight excluding hydrogens is 293 g/mol. The maximum absolute atomic E-state index is 13.7. The number of benzene rings is 1. The van der Waals surface area contributed by atoms with Crippen molar-refractivity contribution >= 4 is 29.3 Å². The number of thioether (sulfide) groups is 1. The van der Waals surface area contributed by atoms with E-state index in [1.807, 2.05) is 18.4 Å². The SMILES string of the molecule is CCCNc1cc(Sc2ccccc2F)nc(SC)n1. The van der Waals surface area contributed by atoms with Gasteiger partial charge in [-0.15, -0.1) is 0 Å². The highest BCUT2D eigenvalue weighted by Gasteiger charge is 2.08. The van der Waals surface area contributed by atoms with Gasteiger partial charge in [0.25, 0.3) is 0 Å². The van der Waals surface area contributed by atoms with Crippen LogP contribution in [0.1, 0.15) is 13.3 Å². The molecule has 0 unspecified atom stereocenters. The van der Waals surface area contributed by atoms with Crippen molar-refractivity contribution in [3.8, 4) is 0 Å². The fraction of sp³-hybridized carbons (Fsp3) is 0.286. The predicted molar refractivity (Wildman–Crippen MR) is 83.1 cm³/mol. The molecular formula is C14H16FN3S2. The molecule has 0 aliphatic carbocycles. The van der Waals surface area contributed by atoms with Crippen LogP contribution in [0.25, 0.3) is 0 Å². The van der Waals surface area contributed by atoms with Crippen LogP contribution < -0.4 is 5.32 Å². The topological polar surface area (TPSA) is 37.8 Å². The number of aromatic nitrogens is 2. The van der Waals surface area contributed by atoms with Gasteiger partial charge in [0.2, 0.25) is 0 Å². The molecule has 0 atom stereocenters. The quantitative estimate of drug-likeness (QED) is 0.489. The predicted octanol–water partition coefficient (Wildman–Crippen LogP) is 4.31. The summed E-state index contributed by atoms with van der Waals surface area (Å²) in [7, 11) is 0. The standard InChI is InChI=1S/C14H16FN3S2/c1-3-8-16-12-9-13(18-14(17-12)19-2)20-11-7-5-4-6-10(11)15/h4-7,9H,3,8H2,1-2H3,(H,16,17,18). The smallest absolute Gasteiger partial charge is 0.190 e. The second-order valence-electron chi connectivity index (χ2n) is 4.04. The molecule has 0 radical (unpaired) electrons. The summed E-state index contributed by atoms with van der Waals surface area (Å²) in [4.78, 5) is 9.36. The highest BCUT2D eigenvalue weighted by atomic mass is 32.2. The first-order valence-corrected chi connectivity index (χ1v) is 8.36. The Morgan fingerprint density at radius 2 is 2.05 bits per heavy atom. The highest BCUT2D eigenvalue weighted by Crippen LogP contribution is 2.30. The molecule has 1 aromatic heterocycles. The van der Waals surface area contributed by atoms with Gasteiger partial charge in [-0.25, -0.2) is 14.4 Å². The van der Waals surface area contributed by atoms with E-state index in [4.69, 9.17) is 0 Å². The molecule has 6 heteroatoms. The molecule has 20 heavy (non-hydrogen) atoms. The number of anilines is 1. The minimum absolute atomic E-state index is 0.232. The molecule has 0 amide bonds. The van der Waals surface area contributed by atoms with Crippen LogP contribution >= 0.6 is 23.5 Å². The molecule has 1 aromatic carbocycles. The molecule has 0 aliphatic rings. The molecule has 3 nitrogen and oxygen atoms in total. The molecule has 0 aliphatic heterocycles. The van der Waals surface area contributed by atoms with Gasteiger partial charge in [0.1, 0.15) is 16.7 Å². The van der Waals surface area contributed by atoms with E-state index in [2.05, 4.69) is 22.2 Å². The minimum atomic E-state index is -0.232. The average Bonchev–Trinajstić information content (AvgIpc) is 2.47. The fourth-order valence-corrected chi connectivity index (χ4v) is 2.81. The van der Waals surface area contributed by atoms with Gasteiger partial charge in [0.05, 0.1) is 0 Å². The molecule has 0 spiro atoms. The van der Waals surface area contributed by atoms with Gasteiger partial charge >= 0.3 is 0 Å². The second-order valence-corrected chi connectivity index (χ2v) is 5.87. The summed E-state index contributed by atoms with van der Waals surface area (Å²) in [5.41, 5.74) is 0. The normalized spacial score (nSPS) is 10.6. The lowest BCUT2D eigenvalue weighted by Gasteiger charge is -2.08. The monoisotopic (exact) mass is 309 g/mol. The van der Waals surface area contributed by atoms with E-state index < -0.39 is 0 Å². The Balaban J connectivity index is 2.24. The summed E-state index contributed by atoms with van der Waals surface area (Å²) in [5, 5.41) is 4.67. The Labute approximate surface area is 126 Å². The van der Waals surface area contributed by atoms with Crippen LogP contribution in [0, 0.1) is 5.82 Å². The molecule has 106 valence electrons. The van der Waals surface area contributed by atoms with Crippen molar-refractivity contribution < 1.29 is 4.39 Å². The van der Waals surface area contributed by atoms with E-state index in [0.717, 1.165) is 23.8 Å². The fourth-order valence-electron chi connectivity index (χ4n) is 1.53. The maximum atomic E-state index is 13.7. The third-order valence-electron chi connectivity index (χ3n) is 2.47. The van der Waals surface area contributed by atoms with Gasteiger partial charge in [-0.2, -0.15) is 0 Å². The minimum Gasteiger partial charge on any atom is -0.370 e. The number of hydrogen-bond acceptors (Lipinski definition) is 5. The summed E-state index contributed by atoms with van der Waals surface area (Å²) < 4.78 is 13.7. The van der Waals surface area contributed by atoms with Crippen molar-refractivity contribution in [1.29, 1.82) is 0 Å². The summed E-state index contributed by atoms with van der Waals surface area (Å²) in [6, 6.07) is 8.56. The zero-order chi connectivity index (χ0) is 14.4. The van der Waals surface area contributed by atoms with Crippen LogP contribution in [0.4, 0.5) is 10.2 Å². The third kappa shape index (κ3) is 4.11. The van der Waals surface area contributed by atoms with Crippen LogP contribution in [-0.2, 0) is 0 Å². The first-order chi connectivity index (χ1) is 9.72. The van der Waals surface area contributed by atoms with Gasteiger partial charge in [-0.3, -0.25) is 0 Å². The molecule has 1 heterocycles. The van der Waals surface area contributed by atoms with E-state index in [-0.39, 0.29) is 5.82 Å². The first-order valence-electron chi connectivity index (χ1n) is 6.32. The Morgan fingerprint density at radius 1 is 1.25 bits per heavy atom. The average molecular weight is 309 g/mol. The Kier molecular flexibility index (Phi) is 5.67. The zero-order valence-electron chi connectivity index (χ0n) is 11.4. The van der Waals surface area contributed by atoms with E-state index >= 15 is 0 Å². The van der Waals surface area contributed by atoms with Crippen molar-refractivity contribution in [2.24, 2.45) is 0 Å². The maximum Gasteiger partial charge on any atom is 0.190 e. The van der Waals surface area contributed by atoms with Crippen molar-refractivity contribution in [2.45, 2.75) is 28.4 Å². The summed E-state index contributed by atoms with van der Waals surface area (Å²) in [6.07, 6.45) is 2.95. The van der Waals surface area contributed by atoms with Crippen molar-refractivity contribution in [1.82, 2.24) is 9.97 Å². The first kappa shape index (κ1) is 15.1. The number of halogens is 1. The zero-order valence-corrected chi connectivity index (χ0v) is 13.0. The van der Waals surface area contributed by atoms with E-state index in [1.165, 1.54) is 29.6 Å². The van der Waals surface area contributed by atoms with Gasteiger partial charge in [0.15, 0.2) is 5.16 Å². The lowest BCUT2D eigenvalue weighted by Crippen LogP contribution is -2.03. The molecule has 2 rings (SSSR count). The van der Waals surface area contributed by atoms with Crippen LogP contribution in [0.15, 0.2) is 45.4 Å². The summed E-state index contributed by atoms with van der Waals surface area (Å²) in [5.74, 6) is 0.551. The number of rotatable bonds is 6. The Morgan fingerprint density at radius 3 is 2.75 bits per heavy atom. The van der Waals surface area contributed by atoms with Gasteiger partial charge < -0.3 is 5.32 Å².